The smallest absolute Gasteiger partial charge is 0.0539 e. The van der Waals surface area contributed by atoms with E-state index in [-0.39, 0.29) is 6.04 Å². The largest absolute Gasteiger partial charge is 0.349 e. The maximum atomic E-state index is 6.12. The minimum absolute atomic E-state index is 0.116. The zero-order valence-corrected chi connectivity index (χ0v) is 10.7. The molecule has 0 saturated heterocycles. The highest BCUT2D eigenvalue weighted by atomic mass is 15.2. The standard InChI is InChI=1S/C13H20N4/c1-10(2)13(14)12-4-5-17(9-12)8-11-6-15-16(3)7-11/h4-7,9-10,13H,8,14H2,1-3H3. The Morgan fingerprint density at radius 2 is 2.12 bits per heavy atom. The molecule has 1 unspecified atom stereocenters. The predicted molar refractivity (Wildman–Crippen MR) is 68.5 cm³/mol. The van der Waals surface area contributed by atoms with Crippen LogP contribution < -0.4 is 5.73 Å². The van der Waals surface area contributed by atoms with Gasteiger partial charge in [0.05, 0.1) is 12.7 Å². The van der Waals surface area contributed by atoms with Gasteiger partial charge in [0.1, 0.15) is 0 Å². The number of nitrogens with zero attached hydrogens (tertiary/aromatic N) is 3. The van der Waals surface area contributed by atoms with E-state index < -0.39 is 0 Å². The van der Waals surface area contributed by atoms with Gasteiger partial charge >= 0.3 is 0 Å². The minimum atomic E-state index is 0.116. The van der Waals surface area contributed by atoms with Crippen LogP contribution >= 0.6 is 0 Å². The Balaban J connectivity index is 2.08. The molecule has 2 aromatic heterocycles. The van der Waals surface area contributed by atoms with E-state index in [2.05, 4.69) is 42.0 Å². The molecule has 2 heterocycles. The molecule has 0 aliphatic carbocycles. The molecule has 0 saturated carbocycles. The Kier molecular flexibility index (Phi) is 3.33. The Morgan fingerprint density at radius 3 is 2.71 bits per heavy atom. The van der Waals surface area contributed by atoms with E-state index >= 15 is 0 Å². The van der Waals surface area contributed by atoms with Gasteiger partial charge in [0, 0.05) is 37.2 Å². The van der Waals surface area contributed by atoms with Gasteiger partial charge in [0.25, 0.3) is 0 Å². The molecule has 2 aromatic rings. The van der Waals surface area contributed by atoms with E-state index in [0.29, 0.717) is 5.92 Å². The SMILES string of the molecule is CC(C)C(N)c1ccn(Cc2cnn(C)c2)c1. The zero-order chi connectivity index (χ0) is 12.4. The lowest BCUT2D eigenvalue weighted by atomic mass is 10.00. The fraction of sp³-hybridized carbons (Fsp3) is 0.462. The average Bonchev–Trinajstić information content (AvgIpc) is 2.87. The molecule has 0 amide bonds. The van der Waals surface area contributed by atoms with Crippen molar-refractivity contribution in [1.29, 1.82) is 0 Å². The molecule has 0 bridgehead atoms. The summed E-state index contributed by atoms with van der Waals surface area (Å²) in [6, 6.07) is 2.21. The summed E-state index contributed by atoms with van der Waals surface area (Å²) in [6.07, 6.45) is 8.12. The Bertz CT molecular complexity index is 481. The van der Waals surface area contributed by atoms with Crippen molar-refractivity contribution in [2.75, 3.05) is 0 Å². The van der Waals surface area contributed by atoms with Crippen molar-refractivity contribution in [3.63, 3.8) is 0 Å². The summed E-state index contributed by atoms with van der Waals surface area (Å²) in [5, 5.41) is 4.16. The number of aryl methyl sites for hydroxylation is 1. The molecule has 1 atom stereocenters. The average molecular weight is 232 g/mol. The van der Waals surface area contributed by atoms with E-state index in [9.17, 15) is 0 Å². The number of nitrogens with two attached hydrogens (primary N) is 1. The normalized spacial score (nSPS) is 13.2. The first-order valence-electron chi connectivity index (χ1n) is 5.95. The maximum Gasteiger partial charge on any atom is 0.0539 e. The second kappa shape index (κ2) is 4.75. The second-order valence-electron chi connectivity index (χ2n) is 4.91. The lowest BCUT2D eigenvalue weighted by Gasteiger charge is -2.13. The van der Waals surface area contributed by atoms with Gasteiger partial charge in [-0.15, -0.1) is 0 Å². The molecule has 0 radical (unpaired) electrons. The van der Waals surface area contributed by atoms with E-state index in [4.69, 9.17) is 5.73 Å². The summed E-state index contributed by atoms with van der Waals surface area (Å²) in [6.45, 7) is 5.13. The third-order valence-corrected chi connectivity index (χ3v) is 3.00. The zero-order valence-electron chi connectivity index (χ0n) is 10.7. The van der Waals surface area contributed by atoms with Crippen molar-refractivity contribution in [3.8, 4) is 0 Å². The second-order valence-corrected chi connectivity index (χ2v) is 4.91. The van der Waals surface area contributed by atoms with Crippen LogP contribution in [0.25, 0.3) is 0 Å². The van der Waals surface area contributed by atoms with Crippen molar-refractivity contribution < 1.29 is 0 Å². The third-order valence-electron chi connectivity index (χ3n) is 3.00. The molecular weight excluding hydrogens is 212 g/mol. The molecule has 0 aromatic carbocycles. The molecule has 2 N–H and O–H groups in total. The van der Waals surface area contributed by atoms with Gasteiger partial charge in [-0.1, -0.05) is 13.8 Å². The Hall–Kier alpha value is -1.55. The first kappa shape index (κ1) is 11.9. The molecular formula is C13H20N4. The number of aromatic nitrogens is 3. The van der Waals surface area contributed by atoms with Crippen molar-refractivity contribution >= 4 is 0 Å². The van der Waals surface area contributed by atoms with Gasteiger partial charge in [-0.3, -0.25) is 4.68 Å². The van der Waals surface area contributed by atoms with Crippen molar-refractivity contribution in [2.24, 2.45) is 18.7 Å². The maximum absolute atomic E-state index is 6.12. The van der Waals surface area contributed by atoms with Crippen LogP contribution in [-0.2, 0) is 13.6 Å². The van der Waals surface area contributed by atoms with Crippen LogP contribution in [0.5, 0.6) is 0 Å². The molecule has 2 rings (SSSR count). The summed E-state index contributed by atoms with van der Waals surface area (Å²) in [7, 11) is 1.93. The highest BCUT2D eigenvalue weighted by Crippen LogP contribution is 2.19. The minimum Gasteiger partial charge on any atom is -0.349 e. The van der Waals surface area contributed by atoms with Crippen molar-refractivity contribution in [1.82, 2.24) is 14.3 Å². The summed E-state index contributed by atoms with van der Waals surface area (Å²) in [5.41, 5.74) is 8.52. The predicted octanol–water partition coefficient (Wildman–Crippen LogP) is 1.93. The van der Waals surface area contributed by atoms with Gasteiger partial charge in [-0.05, 0) is 17.5 Å². The fourth-order valence-corrected chi connectivity index (χ4v) is 1.90. The Labute approximate surface area is 102 Å². The van der Waals surface area contributed by atoms with E-state index in [1.165, 1.54) is 11.1 Å². The highest BCUT2D eigenvalue weighted by molar-refractivity contribution is 5.17. The van der Waals surface area contributed by atoms with Gasteiger partial charge in [-0.2, -0.15) is 5.10 Å². The monoisotopic (exact) mass is 232 g/mol. The molecule has 0 spiro atoms. The molecule has 0 fully saturated rings. The van der Waals surface area contributed by atoms with E-state index in [1.54, 1.807) is 0 Å². The van der Waals surface area contributed by atoms with Crippen LogP contribution in [0, 0.1) is 5.92 Å². The third kappa shape index (κ3) is 2.77. The highest BCUT2D eigenvalue weighted by Gasteiger charge is 2.11. The van der Waals surface area contributed by atoms with Crippen molar-refractivity contribution in [2.45, 2.75) is 26.4 Å². The summed E-state index contributed by atoms with van der Waals surface area (Å²) < 4.78 is 3.97. The van der Waals surface area contributed by atoms with Gasteiger partial charge < -0.3 is 10.3 Å². The molecule has 4 nitrogen and oxygen atoms in total. The summed E-state index contributed by atoms with van der Waals surface area (Å²) in [5.74, 6) is 0.462. The van der Waals surface area contributed by atoms with E-state index in [1.807, 2.05) is 24.1 Å². The van der Waals surface area contributed by atoms with Gasteiger partial charge in [0.15, 0.2) is 0 Å². The number of rotatable bonds is 4. The molecule has 17 heavy (non-hydrogen) atoms. The van der Waals surface area contributed by atoms with Crippen molar-refractivity contribution in [3.05, 3.63) is 42.0 Å². The van der Waals surface area contributed by atoms with Gasteiger partial charge in [0.2, 0.25) is 0 Å². The topological polar surface area (TPSA) is 48.8 Å². The quantitative estimate of drug-likeness (QED) is 0.875. The van der Waals surface area contributed by atoms with Crippen LogP contribution in [0.3, 0.4) is 0 Å². The van der Waals surface area contributed by atoms with Crippen LogP contribution in [0.2, 0.25) is 0 Å². The van der Waals surface area contributed by atoms with Gasteiger partial charge in [-0.25, -0.2) is 0 Å². The Morgan fingerprint density at radius 1 is 1.35 bits per heavy atom. The summed E-state index contributed by atoms with van der Waals surface area (Å²) in [4.78, 5) is 0. The first-order chi connectivity index (χ1) is 8.06. The lowest BCUT2D eigenvalue weighted by Crippen LogP contribution is -2.15. The van der Waals surface area contributed by atoms with Crippen LogP contribution in [0.4, 0.5) is 0 Å². The number of hydrogen-bond donors (Lipinski definition) is 1. The molecule has 0 aliphatic rings. The lowest BCUT2D eigenvalue weighted by molar-refractivity contribution is 0.513. The fourth-order valence-electron chi connectivity index (χ4n) is 1.90. The number of hydrogen-bond acceptors (Lipinski definition) is 2. The summed E-state index contributed by atoms with van der Waals surface area (Å²) >= 11 is 0. The molecule has 92 valence electrons. The molecule has 0 aliphatic heterocycles. The molecule has 4 heteroatoms. The van der Waals surface area contributed by atoms with Crippen LogP contribution in [-0.4, -0.2) is 14.3 Å². The van der Waals surface area contributed by atoms with E-state index in [0.717, 1.165) is 6.54 Å². The van der Waals surface area contributed by atoms with Crippen LogP contribution in [0.15, 0.2) is 30.9 Å². The van der Waals surface area contributed by atoms with Crippen LogP contribution in [0.1, 0.15) is 31.0 Å². The first-order valence-corrected chi connectivity index (χ1v) is 5.95.